The molecular formula is C22H29IN4O2. The van der Waals surface area contributed by atoms with Crippen molar-refractivity contribution in [2.45, 2.75) is 25.7 Å². The number of carbonyl (C=O) groups is 1. The highest BCUT2D eigenvalue weighted by molar-refractivity contribution is 14.0. The monoisotopic (exact) mass is 508 g/mol. The summed E-state index contributed by atoms with van der Waals surface area (Å²) in [5.74, 6) is 1.92. The van der Waals surface area contributed by atoms with E-state index in [0.29, 0.717) is 18.3 Å². The van der Waals surface area contributed by atoms with E-state index < -0.39 is 5.41 Å². The van der Waals surface area contributed by atoms with Gasteiger partial charge in [0.25, 0.3) is 0 Å². The van der Waals surface area contributed by atoms with Gasteiger partial charge in [-0.05, 0) is 37.1 Å². The number of nitrogens with zero attached hydrogens (tertiary/aromatic N) is 2. The van der Waals surface area contributed by atoms with Crippen LogP contribution in [0.5, 0.6) is 11.5 Å². The molecule has 0 heterocycles. The van der Waals surface area contributed by atoms with Gasteiger partial charge < -0.3 is 20.7 Å². The molecule has 1 amide bonds. The van der Waals surface area contributed by atoms with Crippen LogP contribution in [-0.4, -0.2) is 37.4 Å². The lowest BCUT2D eigenvalue weighted by atomic mass is 9.85. The molecule has 3 rings (SSSR count). The first-order valence-corrected chi connectivity index (χ1v) is 9.60. The molecule has 1 aliphatic carbocycles. The van der Waals surface area contributed by atoms with Crippen molar-refractivity contribution in [3.63, 3.8) is 0 Å². The molecule has 0 saturated heterocycles. The Morgan fingerprint density at radius 1 is 1.10 bits per heavy atom. The van der Waals surface area contributed by atoms with Crippen molar-refractivity contribution >= 4 is 41.5 Å². The van der Waals surface area contributed by atoms with Gasteiger partial charge in [0.2, 0.25) is 5.91 Å². The number of amides is 1. The summed E-state index contributed by atoms with van der Waals surface area (Å²) in [6.45, 7) is 0.406. The van der Waals surface area contributed by atoms with E-state index in [1.807, 2.05) is 54.6 Å². The van der Waals surface area contributed by atoms with Crippen molar-refractivity contribution in [1.29, 1.82) is 0 Å². The zero-order chi connectivity index (χ0) is 20.0. The number of hydrogen-bond donors (Lipinski definition) is 2. The number of anilines is 1. The number of halogens is 1. The van der Waals surface area contributed by atoms with Crippen LogP contribution < -0.4 is 15.8 Å². The van der Waals surface area contributed by atoms with Gasteiger partial charge in [0.15, 0.2) is 5.96 Å². The molecule has 0 radical (unpaired) electrons. The lowest BCUT2D eigenvalue weighted by Crippen LogP contribution is -2.41. The quantitative estimate of drug-likeness (QED) is 0.343. The Hall–Kier alpha value is -2.29. The smallest absolute Gasteiger partial charge is 0.230 e. The Labute approximate surface area is 189 Å². The van der Waals surface area contributed by atoms with E-state index in [4.69, 9.17) is 10.5 Å². The number of carbonyl (C=O) groups excluding carboxylic acids is 1. The Bertz CT molecular complexity index is 834. The fraction of sp³-hybridized carbons (Fsp3) is 0.364. The molecule has 0 atom stereocenters. The van der Waals surface area contributed by atoms with Crippen LogP contribution >= 0.6 is 24.0 Å². The first-order valence-electron chi connectivity index (χ1n) is 9.60. The SMILES string of the molecule is CN(C)C(=O)C1(CN=C(N)Nc2cccc(Oc3ccccc3)c2)CCCC1.I. The zero-order valence-corrected chi connectivity index (χ0v) is 19.3. The minimum Gasteiger partial charge on any atom is -0.457 e. The Kier molecular flexibility index (Phi) is 8.31. The van der Waals surface area contributed by atoms with Gasteiger partial charge >= 0.3 is 0 Å². The molecule has 1 fully saturated rings. The molecular weight excluding hydrogens is 479 g/mol. The molecule has 0 aromatic heterocycles. The third-order valence-electron chi connectivity index (χ3n) is 5.06. The van der Waals surface area contributed by atoms with E-state index >= 15 is 0 Å². The van der Waals surface area contributed by atoms with Crippen LogP contribution in [0, 0.1) is 5.41 Å². The number of nitrogens with one attached hydrogen (secondary N) is 1. The van der Waals surface area contributed by atoms with Gasteiger partial charge in [0.1, 0.15) is 11.5 Å². The maximum absolute atomic E-state index is 12.6. The van der Waals surface area contributed by atoms with Crippen molar-refractivity contribution in [3.05, 3.63) is 54.6 Å². The van der Waals surface area contributed by atoms with Crippen LogP contribution in [0.4, 0.5) is 5.69 Å². The molecule has 29 heavy (non-hydrogen) atoms. The van der Waals surface area contributed by atoms with E-state index in [1.54, 1.807) is 19.0 Å². The maximum Gasteiger partial charge on any atom is 0.230 e. The molecule has 156 valence electrons. The number of hydrogen-bond acceptors (Lipinski definition) is 3. The highest BCUT2D eigenvalue weighted by Gasteiger charge is 2.41. The predicted octanol–water partition coefficient (Wildman–Crippen LogP) is 4.47. The number of benzene rings is 2. The molecule has 3 N–H and O–H groups in total. The summed E-state index contributed by atoms with van der Waals surface area (Å²) in [4.78, 5) is 18.8. The van der Waals surface area contributed by atoms with E-state index in [2.05, 4.69) is 10.3 Å². The summed E-state index contributed by atoms with van der Waals surface area (Å²) >= 11 is 0. The molecule has 2 aromatic rings. The molecule has 0 spiro atoms. The third kappa shape index (κ3) is 6.09. The number of ether oxygens (including phenoxy) is 1. The fourth-order valence-corrected chi connectivity index (χ4v) is 3.65. The number of para-hydroxylation sites is 1. The lowest BCUT2D eigenvalue weighted by Gasteiger charge is -2.29. The van der Waals surface area contributed by atoms with Gasteiger partial charge in [-0.1, -0.05) is 37.1 Å². The van der Waals surface area contributed by atoms with Gasteiger partial charge in [-0.15, -0.1) is 24.0 Å². The van der Waals surface area contributed by atoms with E-state index in [9.17, 15) is 4.79 Å². The molecule has 0 bridgehead atoms. The Balaban J connectivity index is 0.00000300. The second-order valence-corrected chi connectivity index (χ2v) is 7.46. The maximum atomic E-state index is 12.6. The van der Waals surface area contributed by atoms with Crippen LogP contribution in [0.25, 0.3) is 0 Å². The van der Waals surface area contributed by atoms with Crippen molar-refractivity contribution in [1.82, 2.24) is 4.90 Å². The van der Waals surface area contributed by atoms with Crippen molar-refractivity contribution < 1.29 is 9.53 Å². The minimum absolute atomic E-state index is 0. The standard InChI is InChI=1S/C22H28N4O2.HI/c1-26(2)20(27)22(13-6-7-14-22)16-24-21(23)25-17-9-8-12-19(15-17)28-18-10-4-3-5-11-18;/h3-5,8-12,15H,6-7,13-14,16H2,1-2H3,(H3,23,24,25);1H. The molecule has 6 nitrogen and oxygen atoms in total. The van der Waals surface area contributed by atoms with E-state index in [0.717, 1.165) is 37.1 Å². The van der Waals surface area contributed by atoms with Crippen LogP contribution in [0.3, 0.4) is 0 Å². The summed E-state index contributed by atoms with van der Waals surface area (Å²) in [5, 5.41) is 3.10. The Morgan fingerprint density at radius 2 is 1.76 bits per heavy atom. The highest BCUT2D eigenvalue weighted by atomic mass is 127. The van der Waals surface area contributed by atoms with Gasteiger partial charge in [-0.25, -0.2) is 0 Å². The topological polar surface area (TPSA) is 80.0 Å². The summed E-state index contributed by atoms with van der Waals surface area (Å²) in [6.07, 6.45) is 3.84. The van der Waals surface area contributed by atoms with Gasteiger partial charge in [0.05, 0.1) is 12.0 Å². The van der Waals surface area contributed by atoms with Crippen LogP contribution in [0.1, 0.15) is 25.7 Å². The lowest BCUT2D eigenvalue weighted by molar-refractivity contribution is -0.138. The molecule has 1 saturated carbocycles. The number of rotatable bonds is 6. The number of guanidine groups is 1. The minimum atomic E-state index is -0.423. The van der Waals surface area contributed by atoms with Gasteiger partial charge in [0, 0.05) is 25.8 Å². The molecule has 0 aliphatic heterocycles. The largest absolute Gasteiger partial charge is 0.457 e. The molecule has 1 aliphatic rings. The van der Waals surface area contributed by atoms with E-state index in [-0.39, 0.29) is 29.9 Å². The fourth-order valence-electron chi connectivity index (χ4n) is 3.65. The number of nitrogens with two attached hydrogens (primary N) is 1. The number of aliphatic imine (C=N–C) groups is 1. The van der Waals surface area contributed by atoms with Gasteiger partial charge in [-0.2, -0.15) is 0 Å². The van der Waals surface area contributed by atoms with Crippen LogP contribution in [-0.2, 0) is 4.79 Å². The molecule has 2 aromatic carbocycles. The van der Waals surface area contributed by atoms with Gasteiger partial charge in [-0.3, -0.25) is 9.79 Å². The first-order chi connectivity index (χ1) is 13.5. The highest BCUT2D eigenvalue weighted by Crippen LogP contribution is 2.39. The normalized spacial score (nSPS) is 15.3. The van der Waals surface area contributed by atoms with Crippen molar-refractivity contribution in [2.75, 3.05) is 26.0 Å². The molecule has 0 unspecified atom stereocenters. The summed E-state index contributed by atoms with van der Waals surface area (Å²) in [5.41, 5.74) is 6.46. The third-order valence-corrected chi connectivity index (χ3v) is 5.06. The van der Waals surface area contributed by atoms with E-state index in [1.165, 1.54) is 0 Å². The summed E-state index contributed by atoms with van der Waals surface area (Å²) in [7, 11) is 3.60. The van der Waals surface area contributed by atoms with Crippen molar-refractivity contribution in [2.24, 2.45) is 16.1 Å². The van der Waals surface area contributed by atoms with Crippen LogP contribution in [0.15, 0.2) is 59.6 Å². The average molecular weight is 508 g/mol. The predicted molar refractivity (Wildman–Crippen MR) is 128 cm³/mol. The second-order valence-electron chi connectivity index (χ2n) is 7.46. The van der Waals surface area contributed by atoms with Crippen molar-refractivity contribution in [3.8, 4) is 11.5 Å². The zero-order valence-electron chi connectivity index (χ0n) is 16.9. The second kappa shape index (κ2) is 10.5. The molecule has 7 heteroatoms. The summed E-state index contributed by atoms with van der Waals surface area (Å²) in [6, 6.07) is 17.1. The first kappa shape index (κ1) is 23.0. The van der Waals surface area contributed by atoms with Crippen LogP contribution in [0.2, 0.25) is 0 Å². The average Bonchev–Trinajstić information content (AvgIpc) is 3.17. The Morgan fingerprint density at radius 3 is 2.41 bits per heavy atom. The summed E-state index contributed by atoms with van der Waals surface area (Å²) < 4.78 is 5.84.